The number of nitrogens with one attached hydrogen (secondary N) is 2. The second-order valence-corrected chi connectivity index (χ2v) is 6.62. The molecule has 0 aliphatic carbocycles. The lowest BCUT2D eigenvalue weighted by Crippen LogP contribution is -2.32. The van der Waals surface area contributed by atoms with Crippen LogP contribution in [0.3, 0.4) is 0 Å². The molecule has 9 heteroatoms. The van der Waals surface area contributed by atoms with Crippen molar-refractivity contribution in [3.63, 3.8) is 0 Å². The molecule has 7 nitrogen and oxygen atoms in total. The highest BCUT2D eigenvalue weighted by molar-refractivity contribution is 6.39. The summed E-state index contributed by atoms with van der Waals surface area (Å²) in [7, 11) is 2.97. The van der Waals surface area contributed by atoms with Crippen LogP contribution in [0.25, 0.3) is 0 Å². The van der Waals surface area contributed by atoms with Crippen molar-refractivity contribution in [1.82, 2.24) is 5.32 Å². The predicted molar refractivity (Wildman–Crippen MR) is 112 cm³/mol. The lowest BCUT2D eigenvalue weighted by Gasteiger charge is -2.10. The van der Waals surface area contributed by atoms with Gasteiger partial charge in [-0.3, -0.25) is 10.2 Å². The summed E-state index contributed by atoms with van der Waals surface area (Å²) in [5.41, 5.74) is 7.78. The van der Waals surface area contributed by atoms with E-state index < -0.39 is 5.91 Å². The Morgan fingerprint density at radius 1 is 1.18 bits per heavy atom. The van der Waals surface area contributed by atoms with Crippen LogP contribution < -0.4 is 15.8 Å². The van der Waals surface area contributed by atoms with Crippen LogP contribution in [0.1, 0.15) is 17.5 Å². The molecule has 4 N–H and O–H groups in total. The van der Waals surface area contributed by atoms with Gasteiger partial charge in [-0.15, -0.1) is 0 Å². The van der Waals surface area contributed by atoms with E-state index in [2.05, 4.69) is 10.5 Å². The number of methoxy groups -OCH3 is 1. The van der Waals surface area contributed by atoms with E-state index in [-0.39, 0.29) is 24.4 Å². The zero-order valence-electron chi connectivity index (χ0n) is 15.4. The zero-order valence-corrected chi connectivity index (χ0v) is 16.9. The first kappa shape index (κ1) is 21.5. The number of hydrogen-bond acceptors (Lipinski definition) is 6. The Bertz CT molecular complexity index is 876. The minimum Gasteiger partial charge on any atom is -0.497 e. The number of nitrogens with zero attached hydrogens (tertiary/aromatic N) is 1. The van der Waals surface area contributed by atoms with Crippen molar-refractivity contribution < 1.29 is 14.4 Å². The minimum absolute atomic E-state index is 0.00611. The van der Waals surface area contributed by atoms with E-state index in [1.807, 2.05) is 0 Å². The van der Waals surface area contributed by atoms with Gasteiger partial charge < -0.3 is 20.6 Å². The molecule has 0 spiro atoms. The Balaban J connectivity index is 2.02. The minimum atomic E-state index is -0.399. The molecule has 2 aromatic carbocycles. The first-order chi connectivity index (χ1) is 13.3. The van der Waals surface area contributed by atoms with Gasteiger partial charge in [0, 0.05) is 12.0 Å². The van der Waals surface area contributed by atoms with Crippen molar-refractivity contribution in [1.29, 1.82) is 5.41 Å². The highest BCUT2D eigenvalue weighted by Crippen LogP contribution is 2.29. The summed E-state index contributed by atoms with van der Waals surface area (Å²) < 4.78 is 5.12. The summed E-state index contributed by atoms with van der Waals surface area (Å²) in [6, 6.07) is 10.3. The fourth-order valence-electron chi connectivity index (χ4n) is 2.43. The summed E-state index contributed by atoms with van der Waals surface area (Å²) in [4.78, 5) is 17.2. The van der Waals surface area contributed by atoms with Crippen LogP contribution >= 0.6 is 23.2 Å². The molecule has 0 atom stereocenters. The van der Waals surface area contributed by atoms with Gasteiger partial charge in [0.25, 0.3) is 0 Å². The summed E-state index contributed by atoms with van der Waals surface area (Å²) in [5.74, 6) is 0.283. The molecule has 0 heterocycles. The monoisotopic (exact) mass is 422 g/mol. The highest BCUT2D eigenvalue weighted by atomic mass is 35.5. The average molecular weight is 423 g/mol. The summed E-state index contributed by atoms with van der Waals surface area (Å²) >= 11 is 12.0. The number of amidine groups is 1. The van der Waals surface area contributed by atoms with Crippen molar-refractivity contribution in [3.05, 3.63) is 57.6 Å². The van der Waals surface area contributed by atoms with E-state index in [4.69, 9.17) is 43.9 Å². The van der Waals surface area contributed by atoms with E-state index in [1.54, 1.807) is 43.5 Å². The van der Waals surface area contributed by atoms with E-state index in [0.29, 0.717) is 32.6 Å². The van der Waals surface area contributed by atoms with Crippen molar-refractivity contribution >= 4 is 46.3 Å². The molecule has 0 aromatic heterocycles. The maximum Gasteiger partial charge on any atom is 0.231 e. The van der Waals surface area contributed by atoms with Gasteiger partial charge in [-0.05, 0) is 42.0 Å². The maximum absolute atomic E-state index is 12.3. The molecule has 148 valence electrons. The van der Waals surface area contributed by atoms with Crippen LogP contribution in [0.4, 0.5) is 5.69 Å². The van der Waals surface area contributed by atoms with E-state index in [1.165, 1.54) is 7.11 Å². The molecular formula is C19H20Cl2N4O3. The smallest absolute Gasteiger partial charge is 0.231 e. The number of amides is 1. The molecular weight excluding hydrogens is 403 g/mol. The number of carbonyl (C=O) groups is 1. The van der Waals surface area contributed by atoms with Gasteiger partial charge in [0.2, 0.25) is 5.91 Å². The van der Waals surface area contributed by atoms with E-state index >= 15 is 0 Å². The van der Waals surface area contributed by atoms with Gasteiger partial charge in [0.1, 0.15) is 18.7 Å². The third kappa shape index (κ3) is 5.87. The largest absolute Gasteiger partial charge is 0.497 e. The summed E-state index contributed by atoms with van der Waals surface area (Å²) in [5, 5.41) is 15.1. The number of halogens is 2. The Kier molecular flexibility index (Phi) is 7.66. The van der Waals surface area contributed by atoms with E-state index in [0.717, 1.165) is 0 Å². The molecule has 0 aliphatic rings. The number of anilines is 1. The molecule has 0 saturated heterocycles. The quantitative estimate of drug-likeness (QED) is 0.273. The first-order valence-corrected chi connectivity index (χ1v) is 8.94. The van der Waals surface area contributed by atoms with E-state index in [9.17, 15) is 4.79 Å². The fourth-order valence-corrected chi connectivity index (χ4v) is 2.96. The highest BCUT2D eigenvalue weighted by Gasteiger charge is 2.14. The Morgan fingerprint density at radius 2 is 1.79 bits per heavy atom. The molecule has 0 unspecified atom stereocenters. The first-order valence-electron chi connectivity index (χ1n) is 8.19. The maximum atomic E-state index is 12.3. The summed E-state index contributed by atoms with van der Waals surface area (Å²) in [6.07, 6.45) is 0.0799. The number of rotatable bonds is 7. The van der Waals surface area contributed by atoms with Crippen LogP contribution in [-0.2, 0) is 16.1 Å². The number of oxime groups is 1. The SMILES string of the molecule is CO/N=C(/CC(=O)NC(=N)Cc1cc(Cl)c(N)c(Cl)c1)c1ccc(OC)cc1. The topological polar surface area (TPSA) is 110 Å². The van der Waals surface area contributed by atoms with Gasteiger partial charge in [-0.25, -0.2) is 0 Å². The molecule has 28 heavy (non-hydrogen) atoms. The van der Waals surface area contributed by atoms with Crippen molar-refractivity contribution in [2.45, 2.75) is 12.8 Å². The lowest BCUT2D eigenvalue weighted by molar-refractivity contribution is -0.118. The molecule has 0 fully saturated rings. The normalized spacial score (nSPS) is 11.1. The fraction of sp³-hybridized carbons (Fsp3) is 0.211. The Morgan fingerprint density at radius 3 is 2.32 bits per heavy atom. The average Bonchev–Trinajstić information content (AvgIpc) is 2.65. The molecule has 2 aromatic rings. The Labute approximate surface area is 172 Å². The number of nitrogen functional groups attached to an aromatic ring is 1. The standard InChI is InChI=1S/C19H20Cl2N4O3/c1-27-13-5-3-12(4-6-13)16(25-28-2)10-18(26)24-17(22)9-11-7-14(20)19(23)15(21)8-11/h3-8H,9-10,23H2,1-2H3,(H2,22,24,26)/b25-16-. The van der Waals surface area contributed by atoms with Gasteiger partial charge in [0.05, 0.1) is 35.0 Å². The molecule has 0 aliphatic heterocycles. The van der Waals surface area contributed by atoms with Crippen LogP contribution in [0, 0.1) is 5.41 Å². The van der Waals surface area contributed by atoms with Crippen LogP contribution in [0.5, 0.6) is 5.75 Å². The molecule has 0 saturated carbocycles. The second kappa shape index (κ2) is 9.96. The van der Waals surface area contributed by atoms with Crippen LogP contribution in [0.2, 0.25) is 10.0 Å². The number of carbonyl (C=O) groups excluding carboxylic acids is 1. The van der Waals surface area contributed by atoms with Crippen LogP contribution in [-0.4, -0.2) is 31.7 Å². The summed E-state index contributed by atoms with van der Waals surface area (Å²) in [6.45, 7) is 0. The number of hydrogen-bond donors (Lipinski definition) is 3. The van der Waals surface area contributed by atoms with Gasteiger partial charge in [-0.2, -0.15) is 0 Å². The molecule has 2 rings (SSSR count). The second-order valence-electron chi connectivity index (χ2n) is 5.80. The van der Waals surface area contributed by atoms with Gasteiger partial charge in [0.15, 0.2) is 0 Å². The third-order valence-electron chi connectivity index (χ3n) is 3.76. The van der Waals surface area contributed by atoms with Crippen molar-refractivity contribution in [2.24, 2.45) is 5.16 Å². The van der Waals surface area contributed by atoms with Gasteiger partial charge >= 0.3 is 0 Å². The predicted octanol–water partition coefficient (Wildman–Crippen LogP) is 3.66. The molecule has 0 bridgehead atoms. The lowest BCUT2D eigenvalue weighted by atomic mass is 10.1. The third-order valence-corrected chi connectivity index (χ3v) is 4.39. The van der Waals surface area contributed by atoms with Crippen LogP contribution in [0.15, 0.2) is 41.6 Å². The van der Waals surface area contributed by atoms with Crippen molar-refractivity contribution in [3.8, 4) is 5.75 Å². The number of benzene rings is 2. The Hall–Kier alpha value is -2.77. The molecule has 1 amide bonds. The number of ether oxygens (including phenoxy) is 1. The van der Waals surface area contributed by atoms with Crippen molar-refractivity contribution in [2.75, 3.05) is 20.0 Å². The zero-order chi connectivity index (χ0) is 20.7. The van der Waals surface area contributed by atoms with Gasteiger partial charge in [-0.1, -0.05) is 28.4 Å². The number of nitrogens with two attached hydrogens (primary N) is 1. The molecule has 0 radical (unpaired) electrons.